The highest BCUT2D eigenvalue weighted by Crippen LogP contribution is 2.27. The van der Waals surface area contributed by atoms with Crippen LogP contribution in [0.25, 0.3) is 11.2 Å². The van der Waals surface area contributed by atoms with Gasteiger partial charge in [0.15, 0.2) is 11.2 Å². The molecule has 39 heavy (non-hydrogen) atoms. The number of anilines is 3. The minimum absolute atomic E-state index is 0.120. The minimum atomic E-state index is -5.08. The molecule has 1 aliphatic rings. The first-order valence-electron chi connectivity index (χ1n) is 11.6. The lowest BCUT2D eigenvalue weighted by Gasteiger charge is -2.28. The van der Waals surface area contributed by atoms with Crippen molar-refractivity contribution in [1.29, 1.82) is 0 Å². The molecule has 3 aromatic rings. The van der Waals surface area contributed by atoms with E-state index in [0.29, 0.717) is 35.3 Å². The maximum atomic E-state index is 13.4. The number of para-hydroxylation sites is 1. The monoisotopic (exact) mass is 549 g/mol. The van der Waals surface area contributed by atoms with Crippen LogP contribution in [0.3, 0.4) is 0 Å². The number of hydrogen-bond donors (Lipinski definition) is 3. The van der Waals surface area contributed by atoms with E-state index in [1.54, 1.807) is 44.1 Å². The Labute approximate surface area is 220 Å². The number of aromatic nitrogens is 4. The van der Waals surface area contributed by atoms with Gasteiger partial charge in [-0.05, 0) is 19.1 Å². The molecular formula is C24H26F3N7O5. The van der Waals surface area contributed by atoms with Gasteiger partial charge in [0, 0.05) is 40.3 Å². The summed E-state index contributed by atoms with van der Waals surface area (Å²) >= 11 is 0. The summed E-state index contributed by atoms with van der Waals surface area (Å²) in [4.78, 5) is 47.1. The van der Waals surface area contributed by atoms with Gasteiger partial charge in [0.25, 0.3) is 5.56 Å². The van der Waals surface area contributed by atoms with Crippen LogP contribution < -0.4 is 20.7 Å². The van der Waals surface area contributed by atoms with Crippen LogP contribution in [0.1, 0.15) is 17.3 Å². The van der Waals surface area contributed by atoms with Gasteiger partial charge in [-0.1, -0.05) is 18.1 Å². The number of alkyl halides is 3. The molecule has 12 nitrogen and oxygen atoms in total. The molecule has 0 amide bonds. The smallest absolute Gasteiger partial charge is 0.478 e. The second kappa shape index (κ2) is 11.9. The summed E-state index contributed by atoms with van der Waals surface area (Å²) < 4.78 is 35.0. The molecule has 1 aliphatic heterocycles. The Morgan fingerprint density at radius 2 is 1.77 bits per heavy atom. The molecule has 3 N–H and O–H groups in total. The summed E-state index contributed by atoms with van der Waals surface area (Å²) in [7, 11) is 3.31. The van der Waals surface area contributed by atoms with Gasteiger partial charge >= 0.3 is 18.1 Å². The molecule has 2 aromatic heterocycles. The zero-order valence-electron chi connectivity index (χ0n) is 21.3. The second-order valence-corrected chi connectivity index (χ2v) is 8.29. The summed E-state index contributed by atoms with van der Waals surface area (Å²) in [6, 6.07) is 6.61. The third-order valence-electron chi connectivity index (χ3n) is 5.79. The molecule has 15 heteroatoms. The Hall–Kier alpha value is -4.58. The Balaban J connectivity index is 0.000000532. The summed E-state index contributed by atoms with van der Waals surface area (Å²) in [6.07, 6.45) is -5.08. The highest BCUT2D eigenvalue weighted by molar-refractivity contribution is 5.95. The number of carbonyl (C=O) groups is 2. The maximum absolute atomic E-state index is 13.4. The average molecular weight is 550 g/mol. The summed E-state index contributed by atoms with van der Waals surface area (Å²) in [5.74, 6) is 3.07. The van der Waals surface area contributed by atoms with Crippen molar-refractivity contribution in [3.63, 3.8) is 0 Å². The fourth-order valence-corrected chi connectivity index (χ4v) is 3.91. The summed E-state index contributed by atoms with van der Waals surface area (Å²) in [6.45, 7) is 5.28. The van der Waals surface area contributed by atoms with E-state index in [-0.39, 0.29) is 11.1 Å². The molecule has 4 rings (SSSR count). The van der Waals surface area contributed by atoms with Crippen LogP contribution in [-0.2, 0) is 18.4 Å². The zero-order valence-corrected chi connectivity index (χ0v) is 21.3. The summed E-state index contributed by atoms with van der Waals surface area (Å²) in [5.41, 5.74) is 0.980. The molecule has 208 valence electrons. The number of nitrogens with one attached hydrogen (secondary N) is 1. The molecule has 0 bridgehead atoms. The number of carboxylic acids is 2. The highest BCUT2D eigenvalue weighted by Gasteiger charge is 2.38. The zero-order chi connectivity index (χ0) is 28.9. The maximum Gasteiger partial charge on any atom is 0.490 e. The van der Waals surface area contributed by atoms with Gasteiger partial charge in [-0.3, -0.25) is 13.9 Å². The number of fused-ring (bicyclic) bond motifs is 1. The number of carboxylic acid groups (broad SMARTS) is 2. The predicted molar refractivity (Wildman–Crippen MR) is 136 cm³/mol. The molecular weight excluding hydrogens is 523 g/mol. The third kappa shape index (κ3) is 6.29. The number of piperazine rings is 1. The van der Waals surface area contributed by atoms with Gasteiger partial charge in [-0.25, -0.2) is 9.59 Å². The number of aromatic carboxylic acids is 1. The normalized spacial score (nSPS) is 13.2. The highest BCUT2D eigenvalue weighted by atomic mass is 19.4. The molecule has 0 spiro atoms. The first-order chi connectivity index (χ1) is 18.4. The number of benzene rings is 1. The standard InChI is InChI=1S/C22H25N7O3.C2HF3O2/c1-4-5-12-29-17-18(25-22(29)28-13-10-23-11-14-28)24-21(27(3)19(17)30)26(2)16-9-7-6-8-15(16)20(31)32;3-2(4,5)1(6)7/h6-9,23H,10-14H2,1-3H3,(H,31,32);(H,6,7). The molecule has 1 saturated heterocycles. The Bertz CT molecular complexity index is 1500. The lowest BCUT2D eigenvalue weighted by molar-refractivity contribution is -0.192. The number of hydrogen-bond acceptors (Lipinski definition) is 8. The SMILES string of the molecule is CC#CCn1c(N2CCNCC2)nc2nc(N(C)c3ccccc3C(=O)O)n(C)c(=O)c21.O=C(O)C(F)(F)F. The number of aliphatic carboxylic acids is 1. The van der Waals surface area contributed by atoms with Gasteiger partial charge < -0.3 is 25.3 Å². The van der Waals surface area contributed by atoms with Crippen LogP contribution in [0, 0.1) is 11.8 Å². The fourth-order valence-electron chi connectivity index (χ4n) is 3.91. The lowest BCUT2D eigenvalue weighted by atomic mass is 10.1. The Morgan fingerprint density at radius 1 is 1.15 bits per heavy atom. The van der Waals surface area contributed by atoms with Crippen LogP contribution in [-0.4, -0.2) is 80.7 Å². The quantitative estimate of drug-likeness (QED) is 0.402. The van der Waals surface area contributed by atoms with Gasteiger partial charge in [0.05, 0.1) is 17.8 Å². The molecule has 0 unspecified atom stereocenters. The molecule has 0 atom stereocenters. The Morgan fingerprint density at radius 3 is 2.33 bits per heavy atom. The molecule has 0 aliphatic carbocycles. The predicted octanol–water partition coefficient (Wildman–Crippen LogP) is 1.66. The van der Waals surface area contributed by atoms with Crippen LogP contribution in [0.4, 0.5) is 30.8 Å². The van der Waals surface area contributed by atoms with Gasteiger partial charge in [-0.2, -0.15) is 23.1 Å². The van der Waals surface area contributed by atoms with E-state index in [2.05, 4.69) is 27.0 Å². The van der Waals surface area contributed by atoms with Crippen molar-refractivity contribution in [2.45, 2.75) is 19.6 Å². The molecule has 1 fully saturated rings. The van der Waals surface area contributed by atoms with E-state index in [4.69, 9.17) is 14.9 Å². The van der Waals surface area contributed by atoms with Crippen LogP contribution in [0.5, 0.6) is 0 Å². The summed E-state index contributed by atoms with van der Waals surface area (Å²) in [5, 5.41) is 20.0. The number of imidazole rings is 1. The van der Waals surface area contributed by atoms with Crippen molar-refractivity contribution >= 4 is 40.7 Å². The molecule has 1 aromatic carbocycles. The average Bonchev–Trinajstić information content (AvgIpc) is 3.27. The van der Waals surface area contributed by atoms with E-state index in [1.165, 1.54) is 10.6 Å². The van der Waals surface area contributed by atoms with E-state index in [0.717, 1.165) is 26.2 Å². The first kappa shape index (κ1) is 29.0. The number of halogens is 3. The van der Waals surface area contributed by atoms with Gasteiger partial charge in [0.1, 0.15) is 0 Å². The van der Waals surface area contributed by atoms with Crippen molar-refractivity contribution in [1.82, 2.24) is 24.4 Å². The van der Waals surface area contributed by atoms with Crippen LogP contribution >= 0.6 is 0 Å². The molecule has 3 heterocycles. The third-order valence-corrected chi connectivity index (χ3v) is 5.79. The topological polar surface area (TPSA) is 146 Å². The van der Waals surface area contributed by atoms with Crippen molar-refractivity contribution in [2.75, 3.05) is 43.0 Å². The van der Waals surface area contributed by atoms with Gasteiger partial charge in [-0.15, -0.1) is 5.92 Å². The largest absolute Gasteiger partial charge is 0.490 e. The minimum Gasteiger partial charge on any atom is -0.478 e. The van der Waals surface area contributed by atoms with Crippen LogP contribution in [0.15, 0.2) is 29.1 Å². The first-order valence-corrected chi connectivity index (χ1v) is 11.6. The second-order valence-electron chi connectivity index (χ2n) is 8.29. The van der Waals surface area contributed by atoms with E-state index >= 15 is 0 Å². The fraction of sp³-hybridized carbons (Fsp3) is 0.375. The molecule has 0 radical (unpaired) electrons. The lowest BCUT2D eigenvalue weighted by Crippen LogP contribution is -2.44. The van der Waals surface area contributed by atoms with E-state index in [1.807, 2.05) is 4.57 Å². The van der Waals surface area contributed by atoms with Crippen LogP contribution in [0.2, 0.25) is 0 Å². The number of nitrogens with zero attached hydrogens (tertiary/aromatic N) is 6. The Kier molecular flexibility index (Phi) is 8.81. The van der Waals surface area contributed by atoms with Crippen molar-refractivity contribution in [2.24, 2.45) is 7.05 Å². The van der Waals surface area contributed by atoms with Crippen molar-refractivity contribution < 1.29 is 33.0 Å². The van der Waals surface area contributed by atoms with Gasteiger partial charge in [0.2, 0.25) is 11.9 Å². The van der Waals surface area contributed by atoms with E-state index in [9.17, 15) is 27.9 Å². The molecule has 0 saturated carbocycles. The van der Waals surface area contributed by atoms with Crippen molar-refractivity contribution in [3.8, 4) is 11.8 Å². The number of rotatable bonds is 5. The van der Waals surface area contributed by atoms with Crippen molar-refractivity contribution in [3.05, 3.63) is 40.2 Å². The van der Waals surface area contributed by atoms with E-state index < -0.39 is 18.1 Å².